The third kappa shape index (κ3) is 3.26. The molecule has 1 aromatic rings. The van der Waals surface area contributed by atoms with E-state index >= 15 is 0 Å². The van der Waals surface area contributed by atoms with Crippen molar-refractivity contribution in [3.05, 3.63) is 21.9 Å². The van der Waals surface area contributed by atoms with Gasteiger partial charge in [-0.05, 0) is 64.1 Å². The molecule has 4 atom stereocenters. The van der Waals surface area contributed by atoms with Crippen molar-refractivity contribution in [1.29, 1.82) is 0 Å². The monoisotopic (exact) mass is 292 g/mol. The molecule has 0 amide bonds. The molecule has 0 aromatic carbocycles. The number of thiophene rings is 1. The molecule has 1 saturated heterocycles. The van der Waals surface area contributed by atoms with E-state index in [0.29, 0.717) is 12.1 Å². The predicted octanol–water partition coefficient (Wildman–Crippen LogP) is 4.02. The molecular formula is C17H28N2S. The van der Waals surface area contributed by atoms with Gasteiger partial charge < -0.3 is 10.6 Å². The molecule has 2 aliphatic rings. The summed E-state index contributed by atoms with van der Waals surface area (Å²) in [5, 5.41) is 7.68. The Morgan fingerprint density at radius 1 is 1.20 bits per heavy atom. The Bertz CT molecular complexity index is 422. The summed E-state index contributed by atoms with van der Waals surface area (Å²) < 4.78 is 0. The Labute approximate surface area is 127 Å². The fourth-order valence-corrected chi connectivity index (χ4v) is 4.90. The summed E-state index contributed by atoms with van der Waals surface area (Å²) in [6.07, 6.45) is 8.34. The third-order valence-corrected chi connectivity index (χ3v) is 6.27. The minimum Gasteiger partial charge on any atom is -0.314 e. The van der Waals surface area contributed by atoms with Crippen molar-refractivity contribution < 1.29 is 0 Å². The normalized spacial score (nSPS) is 32.4. The molecule has 3 rings (SSSR count). The SMILES string of the molecule is Cc1ccc(C(C)NC2CCCCC2C2CCCN2)s1. The lowest BCUT2D eigenvalue weighted by molar-refractivity contribution is 0.204. The highest BCUT2D eigenvalue weighted by Crippen LogP contribution is 2.33. The Morgan fingerprint density at radius 2 is 2.05 bits per heavy atom. The van der Waals surface area contributed by atoms with Crippen LogP contribution in [0.1, 0.15) is 61.2 Å². The van der Waals surface area contributed by atoms with Crippen molar-refractivity contribution in [3.8, 4) is 0 Å². The van der Waals surface area contributed by atoms with E-state index in [1.165, 1.54) is 54.8 Å². The lowest BCUT2D eigenvalue weighted by atomic mass is 9.79. The second kappa shape index (κ2) is 6.59. The lowest BCUT2D eigenvalue weighted by Gasteiger charge is -2.37. The molecule has 3 heteroatoms. The zero-order valence-electron chi connectivity index (χ0n) is 12.8. The van der Waals surface area contributed by atoms with Crippen LogP contribution in [0.2, 0.25) is 0 Å². The van der Waals surface area contributed by atoms with Gasteiger partial charge in [0.15, 0.2) is 0 Å². The molecule has 4 unspecified atom stereocenters. The van der Waals surface area contributed by atoms with Crippen molar-refractivity contribution >= 4 is 11.3 Å². The first-order valence-electron chi connectivity index (χ1n) is 8.30. The summed E-state index contributed by atoms with van der Waals surface area (Å²) >= 11 is 1.94. The first kappa shape index (κ1) is 14.6. The Morgan fingerprint density at radius 3 is 2.75 bits per heavy atom. The van der Waals surface area contributed by atoms with E-state index in [9.17, 15) is 0 Å². The minimum atomic E-state index is 0.501. The van der Waals surface area contributed by atoms with Gasteiger partial charge >= 0.3 is 0 Å². The van der Waals surface area contributed by atoms with Crippen LogP contribution in [0.25, 0.3) is 0 Å². The average Bonchev–Trinajstić information content (AvgIpc) is 3.10. The molecule has 0 radical (unpaired) electrons. The summed E-state index contributed by atoms with van der Waals surface area (Å²) in [5.41, 5.74) is 0. The Balaban J connectivity index is 1.64. The Hall–Kier alpha value is -0.380. The molecule has 2 nitrogen and oxygen atoms in total. The van der Waals surface area contributed by atoms with Gasteiger partial charge in [0.25, 0.3) is 0 Å². The third-order valence-electron chi connectivity index (χ3n) is 5.09. The van der Waals surface area contributed by atoms with E-state index in [2.05, 4.69) is 36.6 Å². The zero-order valence-corrected chi connectivity index (χ0v) is 13.6. The van der Waals surface area contributed by atoms with E-state index in [-0.39, 0.29) is 0 Å². The lowest BCUT2D eigenvalue weighted by Crippen LogP contribution is -2.47. The highest BCUT2D eigenvalue weighted by Gasteiger charge is 2.33. The van der Waals surface area contributed by atoms with Crippen LogP contribution in [0, 0.1) is 12.8 Å². The summed E-state index contributed by atoms with van der Waals surface area (Å²) in [6, 6.07) is 6.51. The van der Waals surface area contributed by atoms with E-state index in [4.69, 9.17) is 0 Å². The standard InChI is InChI=1S/C17H28N2S/c1-12-9-10-17(20-12)13(2)19-16-7-4-3-6-14(16)15-8-5-11-18-15/h9-10,13-16,18-19H,3-8,11H2,1-2H3. The highest BCUT2D eigenvalue weighted by molar-refractivity contribution is 7.12. The van der Waals surface area contributed by atoms with Crippen LogP contribution in [0.5, 0.6) is 0 Å². The van der Waals surface area contributed by atoms with Crippen LogP contribution in [-0.2, 0) is 0 Å². The number of hydrogen-bond acceptors (Lipinski definition) is 3. The number of aryl methyl sites for hydroxylation is 1. The van der Waals surface area contributed by atoms with Gasteiger partial charge in [-0.25, -0.2) is 0 Å². The summed E-state index contributed by atoms with van der Waals surface area (Å²) in [4.78, 5) is 2.91. The maximum atomic E-state index is 3.95. The molecule has 2 fully saturated rings. The molecular weight excluding hydrogens is 264 g/mol. The molecule has 2 heterocycles. The molecule has 1 aliphatic heterocycles. The number of hydrogen-bond donors (Lipinski definition) is 2. The maximum Gasteiger partial charge on any atom is 0.0388 e. The van der Waals surface area contributed by atoms with Gasteiger partial charge in [0.05, 0.1) is 0 Å². The van der Waals surface area contributed by atoms with Crippen molar-refractivity contribution in [2.45, 2.75) is 70.5 Å². The van der Waals surface area contributed by atoms with Crippen LogP contribution in [0.4, 0.5) is 0 Å². The van der Waals surface area contributed by atoms with Gasteiger partial charge in [0, 0.05) is 27.9 Å². The molecule has 1 saturated carbocycles. The van der Waals surface area contributed by atoms with Crippen LogP contribution in [0.15, 0.2) is 12.1 Å². The van der Waals surface area contributed by atoms with Crippen molar-refractivity contribution in [1.82, 2.24) is 10.6 Å². The van der Waals surface area contributed by atoms with Crippen LogP contribution in [0.3, 0.4) is 0 Å². The van der Waals surface area contributed by atoms with Gasteiger partial charge in [0.2, 0.25) is 0 Å². The molecule has 2 N–H and O–H groups in total. The second-order valence-corrected chi connectivity index (χ2v) is 7.91. The van der Waals surface area contributed by atoms with Gasteiger partial charge in [-0.2, -0.15) is 0 Å². The average molecular weight is 292 g/mol. The molecule has 0 bridgehead atoms. The summed E-state index contributed by atoms with van der Waals surface area (Å²) in [6.45, 7) is 5.76. The molecule has 20 heavy (non-hydrogen) atoms. The number of rotatable bonds is 4. The van der Waals surface area contributed by atoms with Gasteiger partial charge in [0.1, 0.15) is 0 Å². The highest BCUT2D eigenvalue weighted by atomic mass is 32.1. The van der Waals surface area contributed by atoms with E-state index < -0.39 is 0 Å². The van der Waals surface area contributed by atoms with E-state index in [1.807, 2.05) is 11.3 Å². The minimum absolute atomic E-state index is 0.501. The largest absolute Gasteiger partial charge is 0.314 e. The topological polar surface area (TPSA) is 24.1 Å². The van der Waals surface area contributed by atoms with Gasteiger partial charge in [-0.3, -0.25) is 0 Å². The van der Waals surface area contributed by atoms with Crippen molar-refractivity contribution in [2.24, 2.45) is 5.92 Å². The van der Waals surface area contributed by atoms with E-state index in [0.717, 1.165) is 12.0 Å². The van der Waals surface area contributed by atoms with Crippen molar-refractivity contribution in [2.75, 3.05) is 6.54 Å². The molecule has 0 spiro atoms. The fraction of sp³-hybridized carbons (Fsp3) is 0.765. The van der Waals surface area contributed by atoms with Gasteiger partial charge in [-0.1, -0.05) is 12.8 Å². The predicted molar refractivity (Wildman–Crippen MR) is 87.4 cm³/mol. The van der Waals surface area contributed by atoms with Crippen LogP contribution < -0.4 is 10.6 Å². The van der Waals surface area contributed by atoms with Crippen molar-refractivity contribution in [3.63, 3.8) is 0 Å². The fourth-order valence-electron chi connectivity index (χ4n) is 4.01. The first-order chi connectivity index (χ1) is 9.74. The zero-order chi connectivity index (χ0) is 13.9. The quantitative estimate of drug-likeness (QED) is 0.876. The summed E-state index contributed by atoms with van der Waals surface area (Å²) in [5.74, 6) is 0.842. The smallest absolute Gasteiger partial charge is 0.0388 e. The molecule has 112 valence electrons. The molecule has 1 aromatic heterocycles. The number of nitrogens with one attached hydrogen (secondary N) is 2. The molecule has 1 aliphatic carbocycles. The van der Waals surface area contributed by atoms with Gasteiger partial charge in [-0.15, -0.1) is 11.3 Å². The first-order valence-corrected chi connectivity index (χ1v) is 9.11. The van der Waals surface area contributed by atoms with Crippen LogP contribution in [-0.4, -0.2) is 18.6 Å². The maximum absolute atomic E-state index is 3.95. The Kier molecular flexibility index (Phi) is 4.79. The van der Waals surface area contributed by atoms with E-state index in [1.54, 1.807) is 0 Å². The second-order valence-electron chi connectivity index (χ2n) is 6.59. The van der Waals surface area contributed by atoms with Crippen LogP contribution >= 0.6 is 11.3 Å². The summed E-state index contributed by atoms with van der Waals surface area (Å²) in [7, 11) is 0.